The molecule has 1 aromatic rings. The number of aromatic nitrogens is 3. The summed E-state index contributed by atoms with van der Waals surface area (Å²) in [6.07, 6.45) is 0. The SMILES string of the molecule is COc1nc(NCC(=O)O)nc(OC)n1. The van der Waals surface area contributed by atoms with Crippen molar-refractivity contribution in [1.29, 1.82) is 0 Å². The Bertz CT molecular complexity index is 335. The molecule has 15 heavy (non-hydrogen) atoms. The quantitative estimate of drug-likeness (QED) is 0.668. The predicted octanol–water partition coefficient (Wildman–Crippen LogP) is -0.615. The number of nitrogens with zero attached hydrogens (tertiary/aromatic N) is 3. The van der Waals surface area contributed by atoms with Gasteiger partial charge in [-0.05, 0) is 0 Å². The molecular weight excluding hydrogens is 204 g/mol. The molecule has 0 aromatic carbocycles. The van der Waals surface area contributed by atoms with Crippen LogP contribution < -0.4 is 14.8 Å². The minimum absolute atomic E-state index is 0.0507. The summed E-state index contributed by atoms with van der Waals surface area (Å²) in [5, 5.41) is 10.9. The van der Waals surface area contributed by atoms with Crippen molar-refractivity contribution in [3.05, 3.63) is 0 Å². The van der Waals surface area contributed by atoms with Crippen molar-refractivity contribution in [2.45, 2.75) is 0 Å². The summed E-state index contributed by atoms with van der Waals surface area (Å²) in [5.74, 6) is -0.936. The van der Waals surface area contributed by atoms with E-state index in [0.717, 1.165) is 0 Å². The number of hydrogen-bond donors (Lipinski definition) is 2. The second-order valence-electron chi connectivity index (χ2n) is 2.38. The fraction of sp³-hybridized carbons (Fsp3) is 0.429. The highest BCUT2D eigenvalue weighted by Gasteiger charge is 2.07. The molecule has 1 rings (SSSR count). The zero-order valence-corrected chi connectivity index (χ0v) is 8.22. The van der Waals surface area contributed by atoms with E-state index in [-0.39, 0.29) is 24.5 Å². The van der Waals surface area contributed by atoms with Gasteiger partial charge in [0.25, 0.3) is 0 Å². The Hall–Kier alpha value is -2.12. The molecule has 0 atom stereocenters. The van der Waals surface area contributed by atoms with Crippen LogP contribution >= 0.6 is 0 Å². The van der Waals surface area contributed by atoms with Gasteiger partial charge in [-0.15, -0.1) is 4.98 Å². The number of carboxylic acid groups (broad SMARTS) is 1. The number of carbonyl (C=O) groups is 1. The largest absolute Gasteiger partial charge is 0.480 e. The third-order valence-corrected chi connectivity index (χ3v) is 1.36. The third-order valence-electron chi connectivity index (χ3n) is 1.36. The van der Waals surface area contributed by atoms with Gasteiger partial charge in [0, 0.05) is 0 Å². The summed E-state index contributed by atoms with van der Waals surface area (Å²) in [7, 11) is 2.77. The molecule has 1 heterocycles. The van der Waals surface area contributed by atoms with E-state index >= 15 is 0 Å². The van der Waals surface area contributed by atoms with E-state index in [1.807, 2.05) is 0 Å². The summed E-state index contributed by atoms with van der Waals surface area (Å²) in [6, 6.07) is 0.101. The summed E-state index contributed by atoms with van der Waals surface area (Å²) >= 11 is 0. The number of anilines is 1. The molecule has 0 unspecified atom stereocenters. The van der Waals surface area contributed by atoms with Crippen LogP contribution in [0.15, 0.2) is 0 Å². The second kappa shape index (κ2) is 4.94. The van der Waals surface area contributed by atoms with E-state index in [1.54, 1.807) is 0 Å². The Morgan fingerprint density at radius 1 is 1.27 bits per heavy atom. The van der Waals surface area contributed by atoms with Crippen molar-refractivity contribution in [2.75, 3.05) is 26.1 Å². The molecule has 0 aliphatic heterocycles. The highest BCUT2D eigenvalue weighted by atomic mass is 16.5. The van der Waals surface area contributed by atoms with Gasteiger partial charge in [-0.3, -0.25) is 4.79 Å². The number of ether oxygens (including phenoxy) is 2. The Kier molecular flexibility index (Phi) is 3.61. The molecule has 0 spiro atoms. The van der Waals surface area contributed by atoms with Crippen molar-refractivity contribution < 1.29 is 19.4 Å². The second-order valence-corrected chi connectivity index (χ2v) is 2.38. The van der Waals surface area contributed by atoms with E-state index < -0.39 is 5.97 Å². The van der Waals surface area contributed by atoms with Gasteiger partial charge in [-0.1, -0.05) is 0 Å². The first-order valence-corrected chi connectivity index (χ1v) is 3.95. The Morgan fingerprint density at radius 3 is 2.20 bits per heavy atom. The summed E-state index contributed by atoms with van der Waals surface area (Å²) in [6.45, 7) is -0.295. The van der Waals surface area contributed by atoms with Crippen molar-refractivity contribution in [1.82, 2.24) is 15.0 Å². The van der Waals surface area contributed by atoms with Crippen LogP contribution in [0.3, 0.4) is 0 Å². The molecule has 1 aromatic heterocycles. The van der Waals surface area contributed by atoms with E-state index in [0.29, 0.717) is 0 Å². The van der Waals surface area contributed by atoms with Gasteiger partial charge in [0.1, 0.15) is 6.54 Å². The molecule has 0 saturated heterocycles. The average molecular weight is 214 g/mol. The molecule has 0 fully saturated rings. The molecule has 0 amide bonds. The van der Waals surface area contributed by atoms with Crippen LogP contribution in [0.5, 0.6) is 12.0 Å². The smallest absolute Gasteiger partial charge is 0.324 e. The predicted molar refractivity (Wildman–Crippen MR) is 49.1 cm³/mol. The fourth-order valence-electron chi connectivity index (χ4n) is 0.754. The van der Waals surface area contributed by atoms with Crippen LogP contribution in [0.4, 0.5) is 5.95 Å². The van der Waals surface area contributed by atoms with Crippen molar-refractivity contribution in [3.8, 4) is 12.0 Å². The fourth-order valence-corrected chi connectivity index (χ4v) is 0.754. The number of nitrogens with one attached hydrogen (secondary N) is 1. The van der Waals surface area contributed by atoms with Crippen LogP contribution in [0.1, 0.15) is 0 Å². The van der Waals surface area contributed by atoms with Gasteiger partial charge in [-0.25, -0.2) is 0 Å². The molecule has 0 radical (unpaired) electrons. The summed E-state index contributed by atoms with van der Waals surface area (Å²) in [4.78, 5) is 21.6. The zero-order chi connectivity index (χ0) is 11.3. The number of methoxy groups -OCH3 is 2. The topological polar surface area (TPSA) is 106 Å². The molecule has 0 saturated carbocycles. The molecule has 82 valence electrons. The minimum atomic E-state index is -1.02. The average Bonchev–Trinajstić information content (AvgIpc) is 2.25. The number of hydrogen-bond acceptors (Lipinski definition) is 7. The van der Waals surface area contributed by atoms with Crippen molar-refractivity contribution in [3.63, 3.8) is 0 Å². The summed E-state index contributed by atoms with van der Waals surface area (Å²) in [5.41, 5.74) is 0. The molecule has 0 aliphatic rings. The maximum absolute atomic E-state index is 10.3. The lowest BCUT2D eigenvalue weighted by Gasteiger charge is -2.05. The maximum atomic E-state index is 10.3. The van der Waals surface area contributed by atoms with E-state index in [1.165, 1.54) is 14.2 Å². The van der Waals surface area contributed by atoms with Gasteiger partial charge in [0.2, 0.25) is 5.95 Å². The van der Waals surface area contributed by atoms with Gasteiger partial charge in [0.15, 0.2) is 0 Å². The van der Waals surface area contributed by atoms with Crippen LogP contribution in [0.2, 0.25) is 0 Å². The van der Waals surface area contributed by atoms with E-state index in [4.69, 9.17) is 14.6 Å². The lowest BCUT2D eigenvalue weighted by Crippen LogP contribution is -2.15. The van der Waals surface area contributed by atoms with Crippen LogP contribution in [-0.2, 0) is 4.79 Å². The molecule has 0 bridgehead atoms. The Balaban J connectivity index is 2.81. The van der Waals surface area contributed by atoms with Gasteiger partial charge in [0.05, 0.1) is 14.2 Å². The number of rotatable bonds is 5. The molecular formula is C7H10N4O4. The highest BCUT2D eigenvalue weighted by molar-refractivity contribution is 5.71. The minimum Gasteiger partial charge on any atom is -0.480 e. The monoisotopic (exact) mass is 214 g/mol. The first kappa shape index (κ1) is 11.0. The molecule has 8 heteroatoms. The first-order chi connectivity index (χ1) is 7.15. The van der Waals surface area contributed by atoms with E-state index in [2.05, 4.69) is 20.3 Å². The maximum Gasteiger partial charge on any atom is 0.324 e. The number of aliphatic carboxylic acids is 1. The van der Waals surface area contributed by atoms with Crippen molar-refractivity contribution >= 4 is 11.9 Å². The van der Waals surface area contributed by atoms with Crippen LogP contribution in [0, 0.1) is 0 Å². The van der Waals surface area contributed by atoms with Crippen LogP contribution in [-0.4, -0.2) is 46.8 Å². The lowest BCUT2D eigenvalue weighted by atomic mass is 10.6. The van der Waals surface area contributed by atoms with Crippen molar-refractivity contribution in [2.24, 2.45) is 0 Å². The third kappa shape index (κ3) is 3.25. The van der Waals surface area contributed by atoms with Gasteiger partial charge in [-0.2, -0.15) is 9.97 Å². The Labute approximate surface area is 85.3 Å². The standard InChI is InChI=1S/C7H10N4O4/c1-14-6-9-5(8-3-4(12)13)10-7(11-6)15-2/h3H2,1-2H3,(H,12,13)(H,8,9,10,11). The number of carboxylic acids is 1. The summed E-state index contributed by atoms with van der Waals surface area (Å²) < 4.78 is 9.55. The first-order valence-electron chi connectivity index (χ1n) is 3.95. The van der Waals surface area contributed by atoms with Crippen LogP contribution in [0.25, 0.3) is 0 Å². The highest BCUT2D eigenvalue weighted by Crippen LogP contribution is 2.11. The normalized spacial score (nSPS) is 9.47. The lowest BCUT2D eigenvalue weighted by molar-refractivity contribution is -0.134. The van der Waals surface area contributed by atoms with Gasteiger partial charge >= 0.3 is 18.0 Å². The van der Waals surface area contributed by atoms with Gasteiger partial charge < -0.3 is 19.9 Å². The Morgan fingerprint density at radius 2 is 1.80 bits per heavy atom. The molecule has 0 aliphatic carbocycles. The molecule has 2 N–H and O–H groups in total. The van der Waals surface area contributed by atoms with E-state index in [9.17, 15) is 4.79 Å². The molecule has 8 nitrogen and oxygen atoms in total. The zero-order valence-electron chi connectivity index (χ0n) is 8.22.